The van der Waals surface area contributed by atoms with Gasteiger partial charge in [0.25, 0.3) is 0 Å². The van der Waals surface area contributed by atoms with Gasteiger partial charge in [0.1, 0.15) is 5.75 Å². The van der Waals surface area contributed by atoms with Crippen molar-refractivity contribution in [2.45, 2.75) is 32.4 Å². The molecule has 0 N–H and O–H groups in total. The lowest BCUT2D eigenvalue weighted by Crippen LogP contribution is -2.19. The Balaban J connectivity index is 2.66. The molecule has 0 heterocycles. The van der Waals surface area contributed by atoms with E-state index in [2.05, 4.69) is 4.74 Å². The summed E-state index contributed by atoms with van der Waals surface area (Å²) in [5.74, 6) is 0.241. The predicted molar refractivity (Wildman–Crippen MR) is 56.7 cm³/mol. The minimum absolute atomic E-state index is 0.0114. The minimum Gasteiger partial charge on any atom is -0.484 e. The van der Waals surface area contributed by atoms with Crippen molar-refractivity contribution < 1.29 is 17.9 Å². The van der Waals surface area contributed by atoms with Crippen LogP contribution in [0.2, 0.25) is 0 Å². The van der Waals surface area contributed by atoms with Crippen LogP contribution in [0.1, 0.15) is 26.3 Å². The van der Waals surface area contributed by atoms with Crippen LogP contribution in [0.3, 0.4) is 0 Å². The Labute approximate surface area is 93.2 Å². The number of hydrogen-bond acceptors (Lipinski definition) is 1. The molecular weight excluding hydrogens is 217 g/mol. The first kappa shape index (κ1) is 12.9. The molecule has 0 spiro atoms. The SMILES string of the molecule is CC(C)(C)c1ccc(OCC(F)(F)F)cc1. The fraction of sp³-hybridized carbons (Fsp3) is 0.500. The summed E-state index contributed by atoms with van der Waals surface area (Å²) < 4.78 is 40.3. The number of benzene rings is 1. The van der Waals surface area contributed by atoms with E-state index in [0.29, 0.717) is 0 Å². The second-order valence-corrected chi connectivity index (χ2v) is 4.68. The van der Waals surface area contributed by atoms with Gasteiger partial charge in [-0.2, -0.15) is 13.2 Å². The highest BCUT2D eigenvalue weighted by Gasteiger charge is 2.28. The zero-order valence-corrected chi connectivity index (χ0v) is 9.56. The second kappa shape index (κ2) is 4.36. The summed E-state index contributed by atoms with van der Waals surface area (Å²) in [6.45, 7) is 4.87. The highest BCUT2D eigenvalue weighted by Crippen LogP contribution is 2.25. The Morgan fingerprint density at radius 1 is 1.00 bits per heavy atom. The molecule has 0 saturated heterocycles. The number of halogens is 3. The summed E-state index contributed by atoms with van der Waals surface area (Å²) in [6.07, 6.45) is -4.29. The molecule has 1 aromatic rings. The first-order valence-electron chi connectivity index (χ1n) is 4.98. The Morgan fingerprint density at radius 2 is 1.50 bits per heavy atom. The van der Waals surface area contributed by atoms with Crippen LogP contribution in [-0.4, -0.2) is 12.8 Å². The molecule has 0 bridgehead atoms. The molecule has 0 saturated carbocycles. The van der Waals surface area contributed by atoms with Gasteiger partial charge < -0.3 is 4.74 Å². The van der Waals surface area contributed by atoms with Crippen LogP contribution in [0.25, 0.3) is 0 Å². The van der Waals surface area contributed by atoms with Crippen molar-refractivity contribution in [3.05, 3.63) is 29.8 Å². The van der Waals surface area contributed by atoms with Gasteiger partial charge in [-0.05, 0) is 23.1 Å². The highest BCUT2D eigenvalue weighted by molar-refractivity contribution is 5.31. The normalized spacial score (nSPS) is 12.6. The Kier molecular flexibility index (Phi) is 3.51. The third kappa shape index (κ3) is 4.13. The number of alkyl halides is 3. The van der Waals surface area contributed by atoms with Crippen molar-refractivity contribution in [2.24, 2.45) is 0 Å². The van der Waals surface area contributed by atoms with E-state index in [1.807, 2.05) is 20.8 Å². The molecule has 0 fully saturated rings. The van der Waals surface area contributed by atoms with Crippen LogP contribution in [0, 0.1) is 0 Å². The van der Waals surface area contributed by atoms with Crippen molar-refractivity contribution in [1.82, 2.24) is 0 Å². The average molecular weight is 232 g/mol. The van der Waals surface area contributed by atoms with Crippen LogP contribution in [0.4, 0.5) is 13.2 Å². The Hall–Kier alpha value is -1.19. The summed E-state index contributed by atoms with van der Waals surface area (Å²) >= 11 is 0. The minimum atomic E-state index is -4.29. The van der Waals surface area contributed by atoms with E-state index in [0.717, 1.165) is 5.56 Å². The van der Waals surface area contributed by atoms with Crippen molar-refractivity contribution >= 4 is 0 Å². The number of rotatable bonds is 2. The summed E-state index contributed by atoms with van der Waals surface area (Å²) in [5, 5.41) is 0. The van der Waals surface area contributed by atoms with Crippen molar-refractivity contribution in [1.29, 1.82) is 0 Å². The lowest BCUT2D eigenvalue weighted by atomic mass is 9.87. The van der Waals surface area contributed by atoms with Crippen LogP contribution >= 0.6 is 0 Å². The van der Waals surface area contributed by atoms with Crippen LogP contribution < -0.4 is 4.74 Å². The van der Waals surface area contributed by atoms with E-state index < -0.39 is 12.8 Å². The van der Waals surface area contributed by atoms with Gasteiger partial charge in [-0.15, -0.1) is 0 Å². The lowest BCUT2D eigenvalue weighted by Gasteiger charge is -2.19. The van der Waals surface area contributed by atoms with E-state index in [-0.39, 0.29) is 11.2 Å². The largest absolute Gasteiger partial charge is 0.484 e. The average Bonchev–Trinajstić information content (AvgIpc) is 2.13. The van der Waals surface area contributed by atoms with Crippen molar-refractivity contribution in [3.63, 3.8) is 0 Å². The molecule has 90 valence electrons. The summed E-state index contributed by atoms with van der Waals surface area (Å²) in [7, 11) is 0. The lowest BCUT2D eigenvalue weighted by molar-refractivity contribution is -0.153. The van der Waals surface area contributed by atoms with E-state index in [1.165, 1.54) is 0 Å². The fourth-order valence-electron chi connectivity index (χ4n) is 1.22. The maximum absolute atomic E-state index is 11.9. The molecule has 0 unspecified atom stereocenters. The molecule has 1 aromatic carbocycles. The van der Waals surface area contributed by atoms with E-state index in [4.69, 9.17) is 0 Å². The van der Waals surface area contributed by atoms with Gasteiger partial charge in [0.05, 0.1) is 0 Å². The highest BCUT2D eigenvalue weighted by atomic mass is 19.4. The summed E-state index contributed by atoms with van der Waals surface area (Å²) in [5.41, 5.74) is 1.05. The topological polar surface area (TPSA) is 9.23 Å². The first-order valence-corrected chi connectivity index (χ1v) is 4.98. The smallest absolute Gasteiger partial charge is 0.422 e. The van der Waals surface area contributed by atoms with E-state index in [9.17, 15) is 13.2 Å². The third-order valence-electron chi connectivity index (χ3n) is 2.12. The second-order valence-electron chi connectivity index (χ2n) is 4.68. The molecule has 0 aromatic heterocycles. The summed E-state index contributed by atoms with van der Waals surface area (Å²) in [4.78, 5) is 0. The number of ether oxygens (including phenoxy) is 1. The van der Waals surface area contributed by atoms with Crippen molar-refractivity contribution in [2.75, 3.05) is 6.61 Å². The third-order valence-corrected chi connectivity index (χ3v) is 2.12. The van der Waals surface area contributed by atoms with Crippen molar-refractivity contribution in [3.8, 4) is 5.75 Å². The molecule has 0 amide bonds. The molecule has 0 atom stereocenters. The van der Waals surface area contributed by atoms with Gasteiger partial charge in [-0.1, -0.05) is 32.9 Å². The molecule has 0 radical (unpaired) electrons. The van der Waals surface area contributed by atoms with Crippen LogP contribution in [0.5, 0.6) is 5.75 Å². The molecule has 16 heavy (non-hydrogen) atoms. The molecule has 0 aliphatic carbocycles. The van der Waals surface area contributed by atoms with Gasteiger partial charge in [0.2, 0.25) is 0 Å². The van der Waals surface area contributed by atoms with Gasteiger partial charge in [-0.25, -0.2) is 0 Å². The molecule has 1 rings (SSSR count). The van der Waals surface area contributed by atoms with Gasteiger partial charge in [-0.3, -0.25) is 0 Å². The number of hydrogen-bond donors (Lipinski definition) is 0. The zero-order chi connectivity index (χ0) is 12.4. The van der Waals surface area contributed by atoms with E-state index >= 15 is 0 Å². The fourth-order valence-corrected chi connectivity index (χ4v) is 1.22. The van der Waals surface area contributed by atoms with Gasteiger partial charge in [0.15, 0.2) is 6.61 Å². The molecular formula is C12H15F3O. The first-order chi connectivity index (χ1) is 7.18. The Morgan fingerprint density at radius 3 is 1.88 bits per heavy atom. The molecule has 4 heteroatoms. The van der Waals surface area contributed by atoms with Crippen LogP contribution in [0.15, 0.2) is 24.3 Å². The quantitative estimate of drug-likeness (QED) is 0.750. The predicted octanol–water partition coefficient (Wildman–Crippen LogP) is 3.93. The maximum atomic E-state index is 11.9. The summed E-state index contributed by atoms with van der Waals surface area (Å²) in [6, 6.07) is 6.69. The molecule has 1 nitrogen and oxygen atoms in total. The van der Waals surface area contributed by atoms with Crippen LogP contribution in [-0.2, 0) is 5.41 Å². The van der Waals surface area contributed by atoms with Gasteiger partial charge in [0, 0.05) is 0 Å². The molecule has 0 aliphatic heterocycles. The standard InChI is InChI=1S/C12H15F3O/c1-11(2,3)9-4-6-10(7-5-9)16-8-12(13,14)15/h4-7H,8H2,1-3H3. The van der Waals surface area contributed by atoms with Gasteiger partial charge >= 0.3 is 6.18 Å². The monoisotopic (exact) mass is 232 g/mol. The molecule has 0 aliphatic rings. The maximum Gasteiger partial charge on any atom is 0.422 e. The zero-order valence-electron chi connectivity index (χ0n) is 9.56. The van der Waals surface area contributed by atoms with E-state index in [1.54, 1.807) is 24.3 Å². The Bertz CT molecular complexity index is 333.